The number of amidine groups is 1. The summed E-state index contributed by atoms with van der Waals surface area (Å²) in [5.74, 6) is -0.555. The summed E-state index contributed by atoms with van der Waals surface area (Å²) in [5.41, 5.74) is 5.41. The predicted octanol–water partition coefficient (Wildman–Crippen LogP) is 6.23. The van der Waals surface area contributed by atoms with Crippen molar-refractivity contribution in [3.8, 4) is 0 Å². The maximum absolute atomic E-state index is 14.4. The topological polar surface area (TPSA) is 104 Å². The molecule has 10 heteroatoms. The summed E-state index contributed by atoms with van der Waals surface area (Å²) in [4.78, 5) is 32.7. The van der Waals surface area contributed by atoms with Crippen molar-refractivity contribution in [1.82, 2.24) is 9.80 Å². The second-order valence-corrected chi connectivity index (χ2v) is 11.9. The lowest BCUT2D eigenvalue weighted by molar-refractivity contribution is -0.136. The van der Waals surface area contributed by atoms with Crippen LogP contribution in [0.15, 0.2) is 106 Å². The minimum atomic E-state index is -1.09. The van der Waals surface area contributed by atoms with Gasteiger partial charge in [-0.25, -0.2) is 14.2 Å². The molecule has 1 saturated heterocycles. The highest BCUT2D eigenvalue weighted by atomic mass is 19.1. The Labute approximate surface area is 256 Å². The Bertz CT molecular complexity index is 1620. The number of amides is 1. The number of aliphatic carboxylic acids is 1. The van der Waals surface area contributed by atoms with Crippen molar-refractivity contribution in [3.63, 3.8) is 0 Å². The van der Waals surface area contributed by atoms with Crippen LogP contribution >= 0.6 is 0 Å². The standard InChI is InChI=1S/C34H37FN4O5/c1-21-9-12-28(22(2)31-32(21)43-16-15-39(31)33(42)44-34(3,4)5)38-14-13-24-19-36-29(8-6-7-25(24)20-38)37-26-11-10-23(17-30(40)41)27(35)18-26/h6-12,18-19H,1,13-17,20H2,2-5H3,(H,36,37)(H,40,41). The van der Waals surface area contributed by atoms with E-state index in [9.17, 15) is 14.0 Å². The number of ether oxygens (including phenoxy) is 2. The maximum atomic E-state index is 14.4. The lowest BCUT2D eigenvalue weighted by Gasteiger charge is -2.37. The number of rotatable bonds is 4. The Kier molecular flexibility index (Phi) is 8.62. The minimum Gasteiger partial charge on any atom is -0.489 e. The fourth-order valence-electron chi connectivity index (χ4n) is 5.42. The molecule has 1 aromatic carbocycles. The fraction of sp³-hybridized carbons (Fsp3) is 0.324. The predicted molar refractivity (Wildman–Crippen MR) is 167 cm³/mol. The van der Waals surface area contributed by atoms with Gasteiger partial charge >= 0.3 is 12.1 Å². The summed E-state index contributed by atoms with van der Waals surface area (Å²) in [6.45, 7) is 13.8. The number of anilines is 1. The SMILES string of the molecule is C=C1C=CC(N2CCC3=C/N=C(Nc4ccc(CC(=O)O)c(F)c4)/C=C\C=C\3C2)=C(C)C2=C1OCCN2C(=O)OC(C)(C)C. The van der Waals surface area contributed by atoms with Crippen molar-refractivity contribution < 1.29 is 28.6 Å². The Hall–Kier alpha value is -4.86. The molecule has 1 fully saturated rings. The van der Waals surface area contributed by atoms with Crippen LogP contribution in [0.25, 0.3) is 0 Å². The van der Waals surface area contributed by atoms with E-state index in [1.54, 1.807) is 17.0 Å². The van der Waals surface area contributed by atoms with Crippen molar-refractivity contribution in [2.75, 3.05) is 31.6 Å². The van der Waals surface area contributed by atoms with Gasteiger partial charge in [0, 0.05) is 41.8 Å². The first kappa shape index (κ1) is 30.6. The summed E-state index contributed by atoms with van der Waals surface area (Å²) in [5, 5.41) is 12.1. The van der Waals surface area contributed by atoms with Gasteiger partial charge in [-0.05, 0) is 81.2 Å². The van der Waals surface area contributed by atoms with Gasteiger partial charge in [0.05, 0.1) is 18.7 Å². The molecular formula is C34H37FN4O5. The maximum Gasteiger partial charge on any atom is 0.415 e. The van der Waals surface area contributed by atoms with Crippen LogP contribution in [0, 0.1) is 5.82 Å². The van der Waals surface area contributed by atoms with Crippen molar-refractivity contribution in [2.45, 2.75) is 46.1 Å². The van der Waals surface area contributed by atoms with E-state index in [0.29, 0.717) is 48.2 Å². The number of carboxylic acids is 1. The van der Waals surface area contributed by atoms with E-state index in [4.69, 9.17) is 14.6 Å². The Morgan fingerprint density at radius 2 is 1.98 bits per heavy atom. The van der Waals surface area contributed by atoms with Crippen LogP contribution in [-0.4, -0.2) is 64.6 Å². The van der Waals surface area contributed by atoms with E-state index in [-0.39, 0.29) is 12.0 Å². The lowest BCUT2D eigenvalue weighted by atomic mass is 9.96. The summed E-state index contributed by atoms with van der Waals surface area (Å²) in [6.07, 6.45) is 11.5. The molecule has 0 radical (unpaired) electrons. The molecule has 5 rings (SSSR count). The Balaban J connectivity index is 1.35. The first-order valence-corrected chi connectivity index (χ1v) is 14.5. The van der Waals surface area contributed by atoms with Crippen molar-refractivity contribution in [2.24, 2.45) is 4.99 Å². The number of hydrogen-bond acceptors (Lipinski definition) is 7. The quantitative estimate of drug-likeness (QED) is 0.423. The first-order chi connectivity index (χ1) is 20.9. The molecule has 4 aliphatic rings. The lowest BCUT2D eigenvalue weighted by Crippen LogP contribution is -2.42. The number of carboxylic acid groups (broad SMARTS) is 1. The normalized spacial score (nSPS) is 22.9. The highest BCUT2D eigenvalue weighted by molar-refractivity contribution is 6.04. The van der Waals surface area contributed by atoms with Gasteiger partial charge in [0.25, 0.3) is 0 Å². The molecular weight excluding hydrogens is 563 g/mol. The number of carbonyl (C=O) groups excluding carboxylic acids is 1. The van der Waals surface area contributed by atoms with Gasteiger partial charge < -0.3 is 24.8 Å². The van der Waals surface area contributed by atoms with Gasteiger partial charge in [0.1, 0.15) is 29.6 Å². The molecule has 0 aromatic heterocycles. The summed E-state index contributed by atoms with van der Waals surface area (Å²) < 4.78 is 26.1. The van der Waals surface area contributed by atoms with Crippen LogP contribution in [0.5, 0.6) is 0 Å². The van der Waals surface area contributed by atoms with E-state index in [0.717, 1.165) is 35.4 Å². The molecule has 44 heavy (non-hydrogen) atoms. The van der Waals surface area contributed by atoms with E-state index < -0.39 is 23.5 Å². The zero-order chi connectivity index (χ0) is 31.6. The highest BCUT2D eigenvalue weighted by Gasteiger charge is 2.34. The monoisotopic (exact) mass is 600 g/mol. The molecule has 1 amide bonds. The smallest absolute Gasteiger partial charge is 0.415 e. The molecule has 230 valence electrons. The molecule has 1 aromatic rings. The third kappa shape index (κ3) is 6.85. The molecule has 1 aliphatic carbocycles. The number of halogens is 1. The summed E-state index contributed by atoms with van der Waals surface area (Å²) >= 11 is 0. The number of likely N-dealkylation sites (tertiary alicyclic amines) is 1. The number of nitrogens with one attached hydrogen (secondary N) is 1. The number of benzene rings is 1. The van der Waals surface area contributed by atoms with Crippen molar-refractivity contribution >= 4 is 23.6 Å². The molecule has 0 atom stereocenters. The number of carbonyl (C=O) groups is 2. The summed E-state index contributed by atoms with van der Waals surface area (Å²) in [7, 11) is 0. The third-order valence-corrected chi connectivity index (χ3v) is 7.48. The average Bonchev–Trinajstić information content (AvgIpc) is 3.07. The average molecular weight is 601 g/mol. The molecule has 3 aliphatic heterocycles. The van der Waals surface area contributed by atoms with Gasteiger partial charge in [-0.2, -0.15) is 0 Å². The molecule has 0 spiro atoms. The van der Waals surface area contributed by atoms with E-state index in [2.05, 4.69) is 21.8 Å². The van der Waals surface area contributed by atoms with Gasteiger partial charge in [0.2, 0.25) is 0 Å². The van der Waals surface area contributed by atoms with Gasteiger partial charge in [-0.1, -0.05) is 24.8 Å². The first-order valence-electron chi connectivity index (χ1n) is 14.5. The zero-order valence-corrected chi connectivity index (χ0v) is 25.4. The van der Waals surface area contributed by atoms with Gasteiger partial charge in [-0.15, -0.1) is 0 Å². The molecule has 0 saturated carbocycles. The van der Waals surface area contributed by atoms with Crippen molar-refractivity contribution in [1.29, 1.82) is 0 Å². The van der Waals surface area contributed by atoms with Crippen molar-refractivity contribution in [3.05, 3.63) is 112 Å². The second kappa shape index (κ2) is 12.4. The molecule has 9 nitrogen and oxygen atoms in total. The minimum absolute atomic E-state index is 0.124. The molecule has 3 heterocycles. The number of nitrogens with zero attached hydrogens (tertiary/aromatic N) is 3. The number of hydrogen-bond donors (Lipinski definition) is 2. The van der Waals surface area contributed by atoms with Crippen LogP contribution in [0.4, 0.5) is 14.9 Å². The van der Waals surface area contributed by atoms with Crippen LogP contribution in [0.2, 0.25) is 0 Å². The van der Waals surface area contributed by atoms with E-state index in [1.807, 2.05) is 58.2 Å². The van der Waals surface area contributed by atoms with Gasteiger partial charge in [0.15, 0.2) is 0 Å². The zero-order valence-electron chi connectivity index (χ0n) is 25.4. The van der Waals surface area contributed by atoms with Gasteiger partial charge in [-0.3, -0.25) is 9.69 Å². The number of allylic oxidation sites excluding steroid dienone is 5. The number of piperidine rings is 1. The Morgan fingerprint density at radius 1 is 1.18 bits per heavy atom. The van der Waals surface area contributed by atoms with Crippen LogP contribution < -0.4 is 5.32 Å². The number of aliphatic imine (C=N–C) groups is 1. The molecule has 0 bridgehead atoms. The molecule has 0 unspecified atom stereocenters. The van der Waals surface area contributed by atoms with E-state index >= 15 is 0 Å². The third-order valence-electron chi connectivity index (χ3n) is 7.48. The second-order valence-electron chi connectivity index (χ2n) is 11.9. The van der Waals surface area contributed by atoms with Crippen LogP contribution in [0.1, 0.15) is 39.7 Å². The van der Waals surface area contributed by atoms with Crippen LogP contribution in [-0.2, 0) is 20.7 Å². The highest BCUT2D eigenvalue weighted by Crippen LogP contribution is 2.37. The van der Waals surface area contributed by atoms with E-state index in [1.165, 1.54) is 12.1 Å². The fourth-order valence-corrected chi connectivity index (χ4v) is 5.42. The largest absolute Gasteiger partial charge is 0.489 e. The van der Waals surface area contributed by atoms with Crippen LogP contribution in [0.3, 0.4) is 0 Å². The molecule has 2 N–H and O–H groups in total. The Morgan fingerprint density at radius 3 is 2.70 bits per heavy atom. The summed E-state index contributed by atoms with van der Waals surface area (Å²) in [6, 6.07) is 4.37. The number of fused-ring (bicyclic) bond motifs is 1.